The molecule has 0 N–H and O–H groups in total. The van der Waals surface area contributed by atoms with Gasteiger partial charge in [-0.1, -0.05) is 54.6 Å². The Labute approximate surface area is 175 Å². The minimum Gasteiger partial charge on any atom is -0.334 e. The number of carbonyl (C=O) groups excluding carboxylic acids is 2. The molecule has 141 valence electrons. The SMILES string of the molecule is CC(=O)[CH-]C(C)=O.[Rh].c1ccc([PH+](c2ccccc2)c2ccccc2)cc1. The van der Waals surface area contributed by atoms with Gasteiger partial charge in [0.1, 0.15) is 15.9 Å². The summed E-state index contributed by atoms with van der Waals surface area (Å²) in [6, 6.07) is 32.5. The Morgan fingerprint density at radius 1 is 0.593 bits per heavy atom. The zero-order chi connectivity index (χ0) is 18.8. The number of rotatable bonds is 5. The normalized spacial score (nSPS) is 9.44. The molecule has 0 spiro atoms. The van der Waals surface area contributed by atoms with E-state index in [-0.39, 0.29) is 31.0 Å². The van der Waals surface area contributed by atoms with Crippen LogP contribution in [0.15, 0.2) is 91.0 Å². The van der Waals surface area contributed by atoms with Crippen molar-refractivity contribution in [2.24, 2.45) is 0 Å². The summed E-state index contributed by atoms with van der Waals surface area (Å²) in [4.78, 5) is 20.0. The van der Waals surface area contributed by atoms with Crippen LogP contribution in [0.3, 0.4) is 0 Å². The van der Waals surface area contributed by atoms with E-state index in [0.29, 0.717) is 0 Å². The first kappa shape index (κ1) is 23.0. The van der Waals surface area contributed by atoms with Crippen LogP contribution in [0.1, 0.15) is 13.8 Å². The van der Waals surface area contributed by atoms with Crippen molar-refractivity contribution in [3.05, 3.63) is 97.4 Å². The molecule has 4 heteroatoms. The molecule has 0 aromatic heterocycles. The Morgan fingerprint density at radius 2 is 0.852 bits per heavy atom. The molecule has 27 heavy (non-hydrogen) atoms. The Morgan fingerprint density at radius 3 is 1.04 bits per heavy atom. The molecule has 0 saturated heterocycles. The number of hydrogen-bond acceptors (Lipinski definition) is 2. The predicted molar refractivity (Wildman–Crippen MR) is 112 cm³/mol. The van der Waals surface area contributed by atoms with Crippen molar-refractivity contribution in [2.45, 2.75) is 13.8 Å². The monoisotopic (exact) mass is 465 g/mol. The van der Waals surface area contributed by atoms with Crippen LogP contribution in [0.2, 0.25) is 0 Å². The van der Waals surface area contributed by atoms with E-state index >= 15 is 0 Å². The molecule has 1 radical (unpaired) electrons. The first-order chi connectivity index (χ1) is 12.6. The average molecular weight is 465 g/mol. The standard InChI is InChI=1S/C18H15P.C5H7O2.Rh/c1-4-10-16(11-5-1)19(17-12-6-2-7-13-17)18-14-8-3-9-15-18;1-4(6)3-5(2)7;/h1-15H;3H,1-2H3;/q;-1;/p+1. The minimum atomic E-state index is -0.877. The fourth-order valence-electron chi connectivity index (χ4n) is 2.60. The molecule has 2 nitrogen and oxygen atoms in total. The third kappa shape index (κ3) is 8.00. The summed E-state index contributed by atoms with van der Waals surface area (Å²) in [6.45, 7) is 2.70. The molecule has 0 unspecified atom stereocenters. The molecule has 0 atom stereocenters. The van der Waals surface area contributed by atoms with E-state index in [9.17, 15) is 9.59 Å². The second-order valence-corrected chi connectivity index (χ2v) is 8.32. The second-order valence-electron chi connectivity index (χ2n) is 5.84. The molecule has 0 bridgehead atoms. The smallest absolute Gasteiger partial charge is 0.102 e. The molecule has 0 heterocycles. The molecule has 3 aromatic rings. The first-order valence-corrected chi connectivity index (χ1v) is 9.97. The van der Waals surface area contributed by atoms with Crippen molar-refractivity contribution in [3.63, 3.8) is 0 Å². The van der Waals surface area contributed by atoms with Gasteiger partial charge in [0.2, 0.25) is 0 Å². The van der Waals surface area contributed by atoms with Gasteiger partial charge in [-0.05, 0) is 50.2 Å². The molecule has 0 fully saturated rings. The van der Waals surface area contributed by atoms with Gasteiger partial charge in [0, 0.05) is 31.0 Å². The number of ketones is 2. The second kappa shape index (κ2) is 12.3. The molecule has 0 saturated carbocycles. The third-order valence-corrected chi connectivity index (χ3v) is 6.33. The maximum atomic E-state index is 9.98. The number of carbonyl (C=O) groups is 2. The Kier molecular flexibility index (Phi) is 10.5. The van der Waals surface area contributed by atoms with E-state index in [4.69, 9.17) is 0 Å². The van der Waals surface area contributed by atoms with E-state index in [1.165, 1.54) is 29.8 Å². The van der Waals surface area contributed by atoms with Crippen molar-refractivity contribution in [2.75, 3.05) is 0 Å². The minimum absolute atomic E-state index is 0. The van der Waals surface area contributed by atoms with Gasteiger partial charge < -0.3 is 9.59 Å². The molecule has 0 aliphatic heterocycles. The Bertz CT molecular complexity index is 715. The summed E-state index contributed by atoms with van der Waals surface area (Å²) in [5.74, 6) is -0.375. The molecule has 3 aromatic carbocycles. The largest absolute Gasteiger partial charge is 0.334 e. The van der Waals surface area contributed by atoms with Crippen LogP contribution < -0.4 is 15.9 Å². The maximum Gasteiger partial charge on any atom is 0.102 e. The van der Waals surface area contributed by atoms with Gasteiger partial charge in [0.05, 0.1) is 7.92 Å². The van der Waals surface area contributed by atoms with Crippen molar-refractivity contribution in [3.8, 4) is 0 Å². The van der Waals surface area contributed by atoms with Crippen LogP contribution in [0.4, 0.5) is 0 Å². The van der Waals surface area contributed by atoms with E-state index in [1.54, 1.807) is 0 Å². The molecular weight excluding hydrogens is 442 g/mol. The fraction of sp³-hybridized carbons (Fsp3) is 0.0870. The van der Waals surface area contributed by atoms with E-state index in [0.717, 1.165) is 6.42 Å². The topological polar surface area (TPSA) is 34.1 Å². The average Bonchev–Trinajstić information content (AvgIpc) is 2.64. The van der Waals surface area contributed by atoms with Gasteiger partial charge in [-0.3, -0.25) is 6.42 Å². The van der Waals surface area contributed by atoms with Crippen LogP contribution in [-0.2, 0) is 29.1 Å². The first-order valence-electron chi connectivity index (χ1n) is 8.47. The summed E-state index contributed by atoms with van der Waals surface area (Å²) in [5, 5.41) is 4.31. The summed E-state index contributed by atoms with van der Waals surface area (Å²) in [6.07, 6.45) is 1.06. The zero-order valence-electron chi connectivity index (χ0n) is 15.4. The van der Waals surface area contributed by atoms with Crippen molar-refractivity contribution in [1.29, 1.82) is 0 Å². The van der Waals surface area contributed by atoms with Crippen molar-refractivity contribution in [1.82, 2.24) is 0 Å². The van der Waals surface area contributed by atoms with Crippen LogP contribution in [0.25, 0.3) is 0 Å². The van der Waals surface area contributed by atoms with Gasteiger partial charge in [-0.15, -0.1) is 0 Å². The molecule has 0 aliphatic rings. The number of benzene rings is 3. The maximum absolute atomic E-state index is 9.98. The summed E-state index contributed by atoms with van der Waals surface area (Å²) >= 11 is 0. The molecular formula is C23H23O2PRh. The van der Waals surface area contributed by atoms with Gasteiger partial charge in [-0.25, -0.2) is 0 Å². The Balaban J connectivity index is 0.000000395. The zero-order valence-corrected chi connectivity index (χ0v) is 18.0. The van der Waals surface area contributed by atoms with Crippen LogP contribution >= 0.6 is 7.92 Å². The van der Waals surface area contributed by atoms with Crippen molar-refractivity contribution >= 4 is 35.4 Å². The molecule has 3 rings (SSSR count). The predicted octanol–water partition coefficient (Wildman–Crippen LogP) is 3.54. The van der Waals surface area contributed by atoms with Crippen LogP contribution in [0.5, 0.6) is 0 Å². The quantitative estimate of drug-likeness (QED) is 0.250. The van der Waals surface area contributed by atoms with Crippen LogP contribution in [0, 0.1) is 6.42 Å². The van der Waals surface area contributed by atoms with Gasteiger partial charge in [0.25, 0.3) is 0 Å². The van der Waals surface area contributed by atoms with E-state index < -0.39 is 7.92 Å². The molecule has 0 aliphatic carbocycles. The summed E-state index contributed by atoms with van der Waals surface area (Å²) < 4.78 is 0. The fourth-order valence-corrected chi connectivity index (χ4v) is 5.18. The van der Waals surface area contributed by atoms with Crippen LogP contribution in [-0.4, -0.2) is 11.6 Å². The summed E-state index contributed by atoms with van der Waals surface area (Å²) in [5.41, 5.74) is 0. The number of Topliss-reactive ketones (excluding diaryl/α,β-unsaturated/α-hetero) is 2. The third-order valence-electron chi connectivity index (χ3n) is 3.59. The molecule has 0 amide bonds. The van der Waals surface area contributed by atoms with Gasteiger partial charge in [0.15, 0.2) is 0 Å². The van der Waals surface area contributed by atoms with E-state index in [1.807, 2.05) is 0 Å². The summed E-state index contributed by atoms with van der Waals surface area (Å²) in [7, 11) is -0.877. The van der Waals surface area contributed by atoms with Crippen molar-refractivity contribution < 1.29 is 29.1 Å². The van der Waals surface area contributed by atoms with E-state index in [2.05, 4.69) is 91.0 Å². The van der Waals surface area contributed by atoms with Gasteiger partial charge >= 0.3 is 0 Å². The Hall–Kier alpha value is -2.08. The number of hydrogen-bond donors (Lipinski definition) is 0. The van der Waals surface area contributed by atoms with Gasteiger partial charge in [-0.2, -0.15) is 0 Å².